The molecule has 0 bridgehead atoms. The highest BCUT2D eigenvalue weighted by molar-refractivity contribution is 6.30. The van der Waals surface area contributed by atoms with Gasteiger partial charge in [0.25, 0.3) is 0 Å². The zero-order valence-electron chi connectivity index (χ0n) is 20.3. The number of hydrogen-bond donors (Lipinski definition) is 0. The zero-order valence-corrected chi connectivity index (χ0v) is 21.1. The van der Waals surface area contributed by atoms with Gasteiger partial charge in [-0.2, -0.15) is 0 Å². The zero-order chi connectivity index (χ0) is 25.6. The molecule has 0 saturated heterocycles. The van der Waals surface area contributed by atoms with Gasteiger partial charge in [0.1, 0.15) is 30.2 Å². The Hall–Kier alpha value is -4.62. The molecule has 6 aromatic rings. The lowest BCUT2D eigenvalue weighted by Crippen LogP contribution is -2.15. The van der Waals surface area contributed by atoms with Gasteiger partial charge in [-0.05, 0) is 47.3 Å². The molecular weight excluding hydrogens is 500 g/mol. The van der Waals surface area contributed by atoms with Crippen molar-refractivity contribution in [1.29, 1.82) is 0 Å². The van der Waals surface area contributed by atoms with Gasteiger partial charge in [-0.3, -0.25) is 0 Å². The second kappa shape index (κ2) is 9.04. The number of rotatable bonds is 5. The monoisotopic (exact) mass is 520 g/mol. The summed E-state index contributed by atoms with van der Waals surface area (Å²) in [6.07, 6.45) is 1.63. The summed E-state index contributed by atoms with van der Waals surface area (Å²) in [7, 11) is 1.66. The van der Waals surface area contributed by atoms with Gasteiger partial charge in [-0.25, -0.2) is 14.5 Å². The van der Waals surface area contributed by atoms with Gasteiger partial charge in [0.2, 0.25) is 5.88 Å². The lowest BCUT2D eigenvalue weighted by molar-refractivity contribution is 0.296. The Morgan fingerprint density at radius 1 is 0.921 bits per heavy atom. The van der Waals surface area contributed by atoms with Crippen LogP contribution in [0.3, 0.4) is 0 Å². The number of nitrogens with zero attached hydrogens (tertiary/aromatic N) is 4. The van der Waals surface area contributed by atoms with Crippen molar-refractivity contribution in [1.82, 2.24) is 19.6 Å². The van der Waals surface area contributed by atoms with E-state index in [4.69, 9.17) is 30.8 Å². The fourth-order valence-electron chi connectivity index (χ4n) is 4.97. The van der Waals surface area contributed by atoms with Gasteiger partial charge in [0.05, 0.1) is 12.7 Å². The maximum atomic E-state index is 6.48. The lowest BCUT2D eigenvalue weighted by Gasteiger charge is -2.28. The van der Waals surface area contributed by atoms with Gasteiger partial charge >= 0.3 is 0 Å². The van der Waals surface area contributed by atoms with E-state index >= 15 is 0 Å². The summed E-state index contributed by atoms with van der Waals surface area (Å²) < 4.78 is 19.5. The van der Waals surface area contributed by atoms with Crippen molar-refractivity contribution in [3.63, 3.8) is 0 Å². The molecule has 0 aliphatic carbocycles. The van der Waals surface area contributed by atoms with Gasteiger partial charge in [-0.1, -0.05) is 60.1 Å². The highest BCUT2D eigenvalue weighted by Crippen LogP contribution is 2.50. The minimum atomic E-state index is -0.172. The predicted octanol–water partition coefficient (Wildman–Crippen LogP) is 6.80. The third-order valence-electron chi connectivity index (χ3n) is 6.77. The molecule has 0 radical (unpaired) electrons. The molecule has 38 heavy (non-hydrogen) atoms. The molecule has 3 heterocycles. The Labute approximate surface area is 223 Å². The van der Waals surface area contributed by atoms with Crippen molar-refractivity contribution < 1.29 is 14.2 Å². The summed E-state index contributed by atoms with van der Waals surface area (Å²) in [4.78, 5) is 9.52. The van der Waals surface area contributed by atoms with Gasteiger partial charge in [-0.15, -0.1) is 5.10 Å². The summed E-state index contributed by atoms with van der Waals surface area (Å²) in [6, 6.07) is 27.7. The predicted molar refractivity (Wildman–Crippen MR) is 145 cm³/mol. The van der Waals surface area contributed by atoms with Crippen molar-refractivity contribution in [2.75, 3.05) is 7.11 Å². The van der Waals surface area contributed by atoms with E-state index in [1.165, 1.54) is 0 Å². The van der Waals surface area contributed by atoms with Crippen LogP contribution in [0.25, 0.3) is 16.4 Å². The number of benzene rings is 4. The molecule has 7 rings (SSSR count). The molecule has 1 atom stereocenters. The number of methoxy groups -OCH3 is 1. The van der Waals surface area contributed by atoms with Crippen LogP contribution in [-0.2, 0) is 6.61 Å². The Morgan fingerprint density at radius 2 is 1.71 bits per heavy atom. The lowest BCUT2D eigenvalue weighted by atomic mass is 9.83. The molecule has 0 unspecified atom stereocenters. The Kier molecular flexibility index (Phi) is 5.37. The second-order valence-electron chi connectivity index (χ2n) is 9.02. The minimum Gasteiger partial charge on any atom is -0.497 e. The van der Waals surface area contributed by atoms with Crippen molar-refractivity contribution in [3.05, 3.63) is 119 Å². The summed E-state index contributed by atoms with van der Waals surface area (Å²) >= 11 is 5.99. The van der Waals surface area contributed by atoms with E-state index in [1.807, 2.05) is 36.4 Å². The van der Waals surface area contributed by atoms with Crippen molar-refractivity contribution in [3.8, 4) is 23.1 Å². The topological polar surface area (TPSA) is 70.8 Å². The van der Waals surface area contributed by atoms with Crippen LogP contribution in [0.1, 0.15) is 28.4 Å². The van der Waals surface area contributed by atoms with E-state index in [2.05, 4.69) is 46.5 Å². The number of hydrogen-bond acceptors (Lipinski definition) is 6. The third-order valence-corrected chi connectivity index (χ3v) is 7.02. The molecule has 2 aromatic heterocycles. The van der Waals surface area contributed by atoms with Crippen LogP contribution in [-0.4, -0.2) is 26.7 Å². The number of aromatic nitrogens is 4. The minimum absolute atomic E-state index is 0.172. The first-order chi connectivity index (χ1) is 18.7. The summed E-state index contributed by atoms with van der Waals surface area (Å²) in [5.74, 6) is 3.16. The van der Waals surface area contributed by atoms with Crippen molar-refractivity contribution in [2.45, 2.75) is 12.5 Å². The summed E-state index contributed by atoms with van der Waals surface area (Å²) in [6.45, 7) is 0.202. The molecule has 7 nitrogen and oxygen atoms in total. The Bertz CT molecular complexity index is 1800. The highest BCUT2D eigenvalue weighted by Gasteiger charge is 2.34. The molecule has 0 N–H and O–H groups in total. The van der Waals surface area contributed by atoms with E-state index in [0.717, 1.165) is 39.0 Å². The van der Waals surface area contributed by atoms with E-state index in [9.17, 15) is 0 Å². The number of ether oxygens (including phenoxy) is 3. The molecule has 186 valence electrons. The van der Waals surface area contributed by atoms with Crippen LogP contribution in [0.5, 0.6) is 23.1 Å². The van der Waals surface area contributed by atoms with Crippen LogP contribution in [0, 0.1) is 0 Å². The van der Waals surface area contributed by atoms with Gasteiger partial charge in [0.15, 0.2) is 11.5 Å². The molecule has 0 spiro atoms. The SMILES string of the molecule is COc1ccc([C@H]2c3ccc4ccccc4c3Oc3ncn4nc(COc5ccc(Cl)cc5)nc4c32)cc1. The first-order valence-corrected chi connectivity index (χ1v) is 12.5. The smallest absolute Gasteiger partial charge is 0.228 e. The van der Waals surface area contributed by atoms with E-state index in [-0.39, 0.29) is 12.5 Å². The number of fused-ring (bicyclic) bond motifs is 6. The van der Waals surface area contributed by atoms with Crippen LogP contribution < -0.4 is 14.2 Å². The van der Waals surface area contributed by atoms with Crippen molar-refractivity contribution >= 4 is 28.0 Å². The van der Waals surface area contributed by atoms with Gasteiger partial charge < -0.3 is 14.2 Å². The average molecular weight is 521 g/mol. The molecule has 4 aromatic carbocycles. The normalized spacial score (nSPS) is 14.1. The Morgan fingerprint density at radius 3 is 2.53 bits per heavy atom. The van der Waals surface area contributed by atoms with E-state index in [0.29, 0.717) is 28.1 Å². The largest absolute Gasteiger partial charge is 0.497 e. The Balaban J connectivity index is 1.37. The van der Waals surface area contributed by atoms with Crippen LogP contribution >= 0.6 is 11.6 Å². The number of halogens is 1. The molecule has 0 amide bonds. The first-order valence-electron chi connectivity index (χ1n) is 12.1. The third kappa shape index (κ3) is 3.79. The van der Waals surface area contributed by atoms with Crippen LogP contribution in [0.15, 0.2) is 91.3 Å². The molecular formula is C30H21ClN4O3. The van der Waals surface area contributed by atoms with Crippen molar-refractivity contribution in [2.24, 2.45) is 0 Å². The summed E-state index contributed by atoms with van der Waals surface area (Å²) in [5.41, 5.74) is 3.64. The molecule has 1 aliphatic rings. The summed E-state index contributed by atoms with van der Waals surface area (Å²) in [5, 5.41) is 7.42. The van der Waals surface area contributed by atoms with E-state index in [1.54, 1.807) is 30.1 Å². The highest BCUT2D eigenvalue weighted by atomic mass is 35.5. The maximum Gasteiger partial charge on any atom is 0.228 e. The van der Waals surface area contributed by atoms with Crippen LogP contribution in [0.2, 0.25) is 5.02 Å². The van der Waals surface area contributed by atoms with E-state index < -0.39 is 0 Å². The molecule has 0 saturated carbocycles. The fourth-order valence-corrected chi connectivity index (χ4v) is 5.10. The molecule has 8 heteroatoms. The first kappa shape index (κ1) is 22.6. The quantitative estimate of drug-likeness (QED) is 0.248. The molecule has 0 fully saturated rings. The fraction of sp³-hybridized carbons (Fsp3) is 0.100. The average Bonchev–Trinajstić information content (AvgIpc) is 3.39. The molecule has 1 aliphatic heterocycles. The standard InChI is InChI=1S/C30H21ClN4O3/c1-36-21-11-6-19(7-12-21)26-24-15-8-18-4-2-3-5-23(18)28(24)38-30-27(26)29-33-25(34-35(29)17-32-30)16-37-22-13-9-20(31)10-14-22/h2-15,17,26H,16H2,1H3/t26-/m0/s1. The van der Waals surface area contributed by atoms with Crippen LogP contribution in [0.4, 0.5) is 0 Å². The maximum absolute atomic E-state index is 6.48. The second-order valence-corrected chi connectivity index (χ2v) is 9.45. The van der Waals surface area contributed by atoms with Gasteiger partial charge in [0, 0.05) is 21.9 Å².